The van der Waals surface area contributed by atoms with E-state index in [1.54, 1.807) is 0 Å². The Kier molecular flexibility index (Phi) is 3.80. The van der Waals surface area contributed by atoms with Crippen LogP contribution in [0.15, 0.2) is 23.1 Å². The standard InChI is InChI=1S/C12H17FN2O3S/c13-9-4-3-5-10(14)11(9)19(17,18)15-12(8-16)6-1-2-7-12/h3-5,15-16H,1-2,6-8,14H2. The lowest BCUT2D eigenvalue weighted by Crippen LogP contribution is -2.49. The molecule has 2 rings (SSSR count). The average Bonchev–Trinajstić information content (AvgIpc) is 2.77. The minimum absolute atomic E-state index is 0.140. The van der Waals surface area contributed by atoms with Crippen molar-refractivity contribution >= 4 is 15.7 Å². The second kappa shape index (κ2) is 5.07. The molecule has 0 aliphatic heterocycles. The predicted molar refractivity (Wildman–Crippen MR) is 69.4 cm³/mol. The Morgan fingerprint density at radius 1 is 1.37 bits per heavy atom. The highest BCUT2D eigenvalue weighted by Gasteiger charge is 2.38. The van der Waals surface area contributed by atoms with Gasteiger partial charge in [-0.15, -0.1) is 0 Å². The van der Waals surface area contributed by atoms with Gasteiger partial charge in [-0.25, -0.2) is 17.5 Å². The average molecular weight is 288 g/mol. The first-order valence-electron chi connectivity index (χ1n) is 6.09. The van der Waals surface area contributed by atoms with Crippen molar-refractivity contribution in [2.75, 3.05) is 12.3 Å². The number of nitrogens with one attached hydrogen (secondary N) is 1. The van der Waals surface area contributed by atoms with Gasteiger partial charge in [-0.2, -0.15) is 0 Å². The third kappa shape index (κ3) is 2.72. The van der Waals surface area contributed by atoms with Gasteiger partial charge in [-0.3, -0.25) is 0 Å². The van der Waals surface area contributed by atoms with Crippen molar-refractivity contribution < 1.29 is 17.9 Å². The fourth-order valence-corrected chi connectivity index (χ4v) is 4.13. The van der Waals surface area contributed by atoms with E-state index in [1.807, 2.05) is 0 Å². The van der Waals surface area contributed by atoms with E-state index in [2.05, 4.69) is 4.72 Å². The molecule has 1 saturated carbocycles. The Hall–Kier alpha value is -1.18. The van der Waals surface area contributed by atoms with E-state index in [9.17, 15) is 17.9 Å². The zero-order valence-corrected chi connectivity index (χ0v) is 11.2. The van der Waals surface area contributed by atoms with Crippen molar-refractivity contribution in [3.8, 4) is 0 Å². The number of hydrogen-bond acceptors (Lipinski definition) is 4. The summed E-state index contributed by atoms with van der Waals surface area (Å²) in [7, 11) is -4.09. The maximum atomic E-state index is 13.7. The summed E-state index contributed by atoms with van der Waals surface area (Å²) in [5.74, 6) is -0.890. The van der Waals surface area contributed by atoms with Crippen LogP contribution in [-0.4, -0.2) is 25.7 Å². The lowest BCUT2D eigenvalue weighted by Gasteiger charge is -2.27. The summed E-state index contributed by atoms with van der Waals surface area (Å²) >= 11 is 0. The Morgan fingerprint density at radius 2 is 2.00 bits per heavy atom. The van der Waals surface area contributed by atoms with Crippen molar-refractivity contribution in [3.05, 3.63) is 24.0 Å². The fraction of sp³-hybridized carbons (Fsp3) is 0.500. The molecular weight excluding hydrogens is 271 g/mol. The monoisotopic (exact) mass is 288 g/mol. The second-order valence-electron chi connectivity index (χ2n) is 4.91. The SMILES string of the molecule is Nc1cccc(F)c1S(=O)(=O)NC1(CO)CCCC1. The summed E-state index contributed by atoms with van der Waals surface area (Å²) in [5.41, 5.74) is 4.51. The number of anilines is 1. The van der Waals surface area contributed by atoms with Crippen LogP contribution < -0.4 is 10.5 Å². The summed E-state index contributed by atoms with van der Waals surface area (Å²) in [6.07, 6.45) is 2.74. The molecule has 0 radical (unpaired) electrons. The molecule has 0 atom stereocenters. The van der Waals surface area contributed by atoms with Crippen molar-refractivity contribution in [2.45, 2.75) is 36.1 Å². The zero-order valence-electron chi connectivity index (χ0n) is 10.4. The first-order chi connectivity index (χ1) is 8.90. The number of benzene rings is 1. The van der Waals surface area contributed by atoms with E-state index >= 15 is 0 Å². The molecule has 0 unspecified atom stereocenters. The van der Waals surface area contributed by atoms with Gasteiger partial charge in [0.1, 0.15) is 10.7 Å². The minimum Gasteiger partial charge on any atom is -0.398 e. The van der Waals surface area contributed by atoms with Gasteiger partial charge in [0.25, 0.3) is 0 Å². The molecule has 0 bridgehead atoms. The van der Waals surface area contributed by atoms with Crippen LogP contribution in [-0.2, 0) is 10.0 Å². The number of halogens is 1. The van der Waals surface area contributed by atoms with Crippen molar-refractivity contribution in [1.29, 1.82) is 0 Å². The summed E-state index contributed by atoms with van der Waals surface area (Å²) in [6, 6.07) is 3.73. The maximum absolute atomic E-state index is 13.7. The summed E-state index contributed by atoms with van der Waals surface area (Å²) in [4.78, 5) is -0.547. The molecule has 1 aromatic rings. The highest BCUT2D eigenvalue weighted by atomic mass is 32.2. The molecule has 1 aromatic carbocycles. The van der Waals surface area contributed by atoms with E-state index in [0.29, 0.717) is 12.8 Å². The first-order valence-corrected chi connectivity index (χ1v) is 7.57. The molecular formula is C12H17FN2O3S. The van der Waals surface area contributed by atoms with Crippen LogP contribution in [0.2, 0.25) is 0 Å². The number of hydrogen-bond donors (Lipinski definition) is 3. The van der Waals surface area contributed by atoms with Crippen LogP contribution in [0.25, 0.3) is 0 Å². The molecule has 1 aliphatic carbocycles. The van der Waals surface area contributed by atoms with Gasteiger partial charge in [0.2, 0.25) is 10.0 Å². The topological polar surface area (TPSA) is 92.4 Å². The van der Waals surface area contributed by atoms with Crippen LogP contribution in [0, 0.1) is 5.82 Å². The quantitative estimate of drug-likeness (QED) is 0.720. The molecule has 1 fully saturated rings. The molecule has 106 valence electrons. The number of aliphatic hydroxyl groups is 1. The molecule has 5 nitrogen and oxygen atoms in total. The van der Waals surface area contributed by atoms with Crippen LogP contribution in [0.5, 0.6) is 0 Å². The molecule has 1 aliphatic rings. The highest BCUT2D eigenvalue weighted by Crippen LogP contribution is 2.32. The van der Waals surface area contributed by atoms with Crippen LogP contribution in [0.4, 0.5) is 10.1 Å². The van der Waals surface area contributed by atoms with Gasteiger partial charge in [-0.05, 0) is 25.0 Å². The number of rotatable bonds is 4. The van der Waals surface area contributed by atoms with E-state index in [-0.39, 0.29) is 12.3 Å². The van der Waals surface area contributed by atoms with Crippen LogP contribution in [0.1, 0.15) is 25.7 Å². The van der Waals surface area contributed by atoms with Crippen molar-refractivity contribution in [2.24, 2.45) is 0 Å². The van der Waals surface area contributed by atoms with Gasteiger partial charge in [0.15, 0.2) is 0 Å². The smallest absolute Gasteiger partial charge is 0.246 e. The Labute approximate surface area is 111 Å². The Morgan fingerprint density at radius 3 is 2.53 bits per heavy atom. The van der Waals surface area contributed by atoms with Crippen LogP contribution in [0.3, 0.4) is 0 Å². The number of nitrogen functional groups attached to an aromatic ring is 1. The van der Waals surface area contributed by atoms with Crippen molar-refractivity contribution in [3.63, 3.8) is 0 Å². The third-order valence-electron chi connectivity index (χ3n) is 3.48. The second-order valence-corrected chi connectivity index (χ2v) is 6.53. The summed E-state index contributed by atoms with van der Waals surface area (Å²) in [5, 5.41) is 9.41. The van der Waals surface area contributed by atoms with Gasteiger partial charge in [-0.1, -0.05) is 18.9 Å². The lowest BCUT2D eigenvalue weighted by molar-refractivity contribution is 0.185. The molecule has 4 N–H and O–H groups in total. The largest absolute Gasteiger partial charge is 0.398 e. The van der Waals surface area contributed by atoms with E-state index in [0.717, 1.165) is 18.9 Å². The van der Waals surface area contributed by atoms with Gasteiger partial charge in [0, 0.05) is 0 Å². The third-order valence-corrected chi connectivity index (χ3v) is 5.15. The van der Waals surface area contributed by atoms with Crippen LogP contribution >= 0.6 is 0 Å². The number of nitrogens with two attached hydrogens (primary N) is 1. The molecule has 7 heteroatoms. The lowest BCUT2D eigenvalue weighted by atomic mass is 10.0. The molecule has 0 amide bonds. The molecule has 0 aromatic heterocycles. The number of aliphatic hydroxyl groups excluding tert-OH is 1. The van der Waals surface area contributed by atoms with Gasteiger partial charge >= 0.3 is 0 Å². The van der Waals surface area contributed by atoms with Gasteiger partial charge < -0.3 is 10.8 Å². The molecule has 19 heavy (non-hydrogen) atoms. The zero-order chi connectivity index (χ0) is 14.1. The molecule has 0 heterocycles. The summed E-state index contributed by atoms with van der Waals surface area (Å²) in [6.45, 7) is -0.305. The Bertz CT molecular complexity index is 548. The normalized spacial score (nSPS) is 18.6. The molecule has 0 saturated heterocycles. The summed E-state index contributed by atoms with van der Waals surface area (Å²) < 4.78 is 40.6. The Balaban J connectivity index is 2.38. The van der Waals surface area contributed by atoms with Crippen molar-refractivity contribution in [1.82, 2.24) is 4.72 Å². The first kappa shape index (κ1) is 14.2. The van der Waals surface area contributed by atoms with E-state index in [4.69, 9.17) is 5.73 Å². The maximum Gasteiger partial charge on any atom is 0.246 e. The van der Waals surface area contributed by atoms with E-state index < -0.39 is 26.3 Å². The highest BCUT2D eigenvalue weighted by molar-refractivity contribution is 7.89. The molecule has 0 spiro atoms. The predicted octanol–water partition coefficient (Wildman–Crippen LogP) is 0.991. The number of sulfonamides is 1. The van der Waals surface area contributed by atoms with E-state index in [1.165, 1.54) is 12.1 Å². The minimum atomic E-state index is -4.09. The van der Waals surface area contributed by atoms with Gasteiger partial charge in [0.05, 0.1) is 17.8 Å². The fourth-order valence-electron chi connectivity index (χ4n) is 2.49.